The lowest BCUT2D eigenvalue weighted by Crippen LogP contribution is -2.20. The second-order valence-electron chi connectivity index (χ2n) is 14.1. The average molecular weight is 639 g/mol. The summed E-state index contributed by atoms with van der Waals surface area (Å²) < 4.78 is 0. The van der Waals surface area contributed by atoms with Gasteiger partial charge >= 0.3 is 0 Å². The fraction of sp³-hybridized carbons (Fsp3) is 0.605. The number of benzene rings is 2. The van der Waals surface area contributed by atoms with Crippen LogP contribution in [0.5, 0.6) is 0 Å². The van der Waals surface area contributed by atoms with Crippen molar-refractivity contribution in [2.45, 2.75) is 168 Å². The van der Waals surface area contributed by atoms with E-state index in [-0.39, 0.29) is 6.04 Å². The highest BCUT2D eigenvalue weighted by Crippen LogP contribution is 2.25. The third-order valence-corrected chi connectivity index (χ3v) is 9.65. The zero-order valence-electron chi connectivity index (χ0n) is 30.4. The molecule has 4 heteroatoms. The minimum atomic E-state index is -0.221. The molecule has 1 atom stereocenters. The lowest BCUT2D eigenvalue weighted by molar-refractivity contribution is 0.533. The van der Waals surface area contributed by atoms with Gasteiger partial charge in [-0.1, -0.05) is 139 Å². The molecule has 0 fully saturated rings. The Morgan fingerprint density at radius 3 is 2.06 bits per heavy atom. The van der Waals surface area contributed by atoms with Gasteiger partial charge < -0.3 is 5.73 Å². The number of hydrogen-bond acceptors (Lipinski definition) is 4. The van der Waals surface area contributed by atoms with E-state index in [4.69, 9.17) is 15.8 Å². The number of allylic oxidation sites excluding steroid dienone is 2. The SMILES string of the molecule is C=C(C)C(N=Nc1cccc(N)c1)C(CCCCCCCCCCCCCCCCC)=NCc1ccc(CC2=CCCCC2)c(C)c1. The third-order valence-electron chi connectivity index (χ3n) is 9.65. The lowest BCUT2D eigenvalue weighted by Gasteiger charge is -2.16. The maximum atomic E-state index is 6.00. The Bertz CT molecular complexity index is 1270. The molecule has 0 saturated carbocycles. The molecule has 2 aromatic carbocycles. The van der Waals surface area contributed by atoms with E-state index < -0.39 is 0 Å². The first-order chi connectivity index (χ1) is 23.0. The number of nitrogens with two attached hydrogens (primary N) is 1. The summed E-state index contributed by atoms with van der Waals surface area (Å²) in [5.41, 5.74) is 15.2. The van der Waals surface area contributed by atoms with Crippen LogP contribution in [0.4, 0.5) is 11.4 Å². The van der Waals surface area contributed by atoms with Crippen molar-refractivity contribution < 1.29 is 0 Å². The number of hydrogen-bond donors (Lipinski definition) is 1. The van der Waals surface area contributed by atoms with Gasteiger partial charge in [-0.25, -0.2) is 0 Å². The molecule has 1 unspecified atom stereocenters. The van der Waals surface area contributed by atoms with Crippen LogP contribution < -0.4 is 5.73 Å². The number of anilines is 1. The summed E-state index contributed by atoms with van der Waals surface area (Å²) in [7, 11) is 0. The summed E-state index contributed by atoms with van der Waals surface area (Å²) in [6, 6.07) is 14.3. The Hall–Kier alpha value is -3.01. The highest BCUT2D eigenvalue weighted by Gasteiger charge is 2.17. The van der Waals surface area contributed by atoms with Crippen LogP contribution in [0.2, 0.25) is 0 Å². The quantitative estimate of drug-likeness (QED) is 0.0401. The summed E-state index contributed by atoms with van der Waals surface area (Å²) in [6.07, 6.45) is 30.1. The summed E-state index contributed by atoms with van der Waals surface area (Å²) in [5, 5.41) is 9.33. The van der Waals surface area contributed by atoms with Crippen LogP contribution in [0.1, 0.15) is 159 Å². The van der Waals surface area contributed by atoms with Crippen molar-refractivity contribution >= 4 is 17.1 Å². The number of unbranched alkanes of at least 4 members (excludes halogenated alkanes) is 14. The van der Waals surface area contributed by atoms with Crippen molar-refractivity contribution in [2.75, 3.05) is 5.73 Å². The zero-order chi connectivity index (χ0) is 33.5. The lowest BCUT2D eigenvalue weighted by atomic mass is 9.92. The molecule has 0 amide bonds. The van der Waals surface area contributed by atoms with Gasteiger partial charge in [-0.3, -0.25) is 4.99 Å². The Labute approximate surface area is 288 Å². The highest BCUT2D eigenvalue weighted by molar-refractivity contribution is 5.92. The third kappa shape index (κ3) is 16.1. The summed E-state index contributed by atoms with van der Waals surface area (Å²) >= 11 is 0. The highest BCUT2D eigenvalue weighted by atomic mass is 15.1. The van der Waals surface area contributed by atoms with Crippen LogP contribution in [0.3, 0.4) is 0 Å². The summed E-state index contributed by atoms with van der Waals surface area (Å²) in [4.78, 5) is 5.20. The molecule has 2 aromatic rings. The van der Waals surface area contributed by atoms with Crippen LogP contribution in [-0.2, 0) is 13.0 Å². The normalized spacial score (nSPS) is 14.4. The predicted molar refractivity (Wildman–Crippen MR) is 206 cm³/mol. The molecule has 47 heavy (non-hydrogen) atoms. The van der Waals surface area contributed by atoms with E-state index in [2.05, 4.69) is 49.8 Å². The van der Waals surface area contributed by atoms with E-state index in [1.54, 1.807) is 5.57 Å². The van der Waals surface area contributed by atoms with Crippen molar-refractivity contribution in [1.29, 1.82) is 0 Å². The minimum absolute atomic E-state index is 0.221. The Morgan fingerprint density at radius 2 is 1.49 bits per heavy atom. The van der Waals surface area contributed by atoms with Crippen LogP contribution in [0, 0.1) is 6.92 Å². The van der Waals surface area contributed by atoms with E-state index in [1.807, 2.05) is 31.2 Å². The largest absolute Gasteiger partial charge is 0.399 e. The zero-order valence-corrected chi connectivity index (χ0v) is 30.4. The van der Waals surface area contributed by atoms with Gasteiger partial charge in [0, 0.05) is 11.4 Å². The van der Waals surface area contributed by atoms with Crippen molar-refractivity contribution in [1.82, 2.24) is 0 Å². The van der Waals surface area contributed by atoms with Crippen LogP contribution in [-0.4, -0.2) is 11.8 Å². The predicted octanol–water partition coefficient (Wildman–Crippen LogP) is 13.6. The van der Waals surface area contributed by atoms with Gasteiger partial charge in [0.2, 0.25) is 0 Å². The molecule has 0 bridgehead atoms. The molecule has 0 aliphatic heterocycles. The number of aliphatic imine (C=N–C) groups is 1. The Balaban J connectivity index is 1.52. The average Bonchev–Trinajstić information content (AvgIpc) is 3.06. The van der Waals surface area contributed by atoms with Gasteiger partial charge in [-0.2, -0.15) is 10.2 Å². The molecule has 0 saturated heterocycles. The van der Waals surface area contributed by atoms with Crippen molar-refractivity contribution in [3.63, 3.8) is 0 Å². The number of rotatable bonds is 24. The molecule has 1 aliphatic rings. The minimum Gasteiger partial charge on any atom is -0.399 e. The number of nitrogens with zero attached hydrogens (tertiary/aromatic N) is 3. The second-order valence-corrected chi connectivity index (χ2v) is 14.1. The van der Waals surface area contributed by atoms with Gasteiger partial charge in [-0.05, 0) is 99.3 Å². The number of azo groups is 1. The molecule has 2 N–H and O–H groups in total. The van der Waals surface area contributed by atoms with Gasteiger partial charge in [0.05, 0.1) is 12.2 Å². The molecular weight excluding hydrogens is 573 g/mol. The maximum absolute atomic E-state index is 6.00. The van der Waals surface area contributed by atoms with Gasteiger partial charge in [-0.15, -0.1) is 0 Å². The van der Waals surface area contributed by atoms with Crippen molar-refractivity contribution in [2.24, 2.45) is 15.2 Å². The Kier molecular flexibility index (Phi) is 19.1. The molecule has 258 valence electrons. The van der Waals surface area contributed by atoms with E-state index in [0.29, 0.717) is 12.2 Å². The van der Waals surface area contributed by atoms with Crippen LogP contribution >= 0.6 is 0 Å². The molecule has 3 rings (SSSR count). The van der Waals surface area contributed by atoms with Crippen molar-refractivity contribution in [3.8, 4) is 0 Å². The molecular formula is C43H66N4. The monoisotopic (exact) mass is 639 g/mol. The molecule has 0 heterocycles. The number of nitrogen functional groups attached to an aromatic ring is 1. The molecule has 0 aromatic heterocycles. The fourth-order valence-corrected chi connectivity index (χ4v) is 6.70. The Morgan fingerprint density at radius 1 is 0.830 bits per heavy atom. The first-order valence-corrected chi connectivity index (χ1v) is 19.2. The van der Waals surface area contributed by atoms with E-state index in [1.165, 1.54) is 132 Å². The van der Waals surface area contributed by atoms with Crippen LogP contribution in [0.15, 0.2) is 81.5 Å². The molecule has 0 radical (unpaired) electrons. The summed E-state index contributed by atoms with van der Waals surface area (Å²) in [6.45, 7) is 11.5. The number of aryl methyl sites for hydroxylation is 1. The first-order valence-electron chi connectivity index (χ1n) is 19.2. The first kappa shape index (κ1) is 38.4. The topological polar surface area (TPSA) is 63.1 Å². The van der Waals surface area contributed by atoms with Gasteiger partial charge in [0.15, 0.2) is 0 Å². The van der Waals surface area contributed by atoms with E-state index >= 15 is 0 Å². The standard InChI is InChI=1S/C43H66N4/c1-5-6-7-8-9-10-11-12-13-14-15-16-17-18-22-28-42(43(35(2)3)47-46-41-27-23-26-40(44)33-41)45-34-38-29-30-39(36(4)31-38)32-37-24-20-19-21-25-37/h23-24,26-27,29-31,33,43H,2,5-22,25,28,32,34,44H2,1,3-4H3. The molecule has 1 aliphatic carbocycles. The molecule has 4 nitrogen and oxygen atoms in total. The fourth-order valence-electron chi connectivity index (χ4n) is 6.70. The van der Waals surface area contributed by atoms with Crippen LogP contribution in [0.25, 0.3) is 0 Å². The van der Waals surface area contributed by atoms with Crippen molar-refractivity contribution in [3.05, 3.63) is 83.0 Å². The van der Waals surface area contributed by atoms with E-state index in [0.717, 1.165) is 36.2 Å². The maximum Gasteiger partial charge on any atom is 0.129 e. The van der Waals surface area contributed by atoms with Gasteiger partial charge in [0.25, 0.3) is 0 Å². The van der Waals surface area contributed by atoms with Gasteiger partial charge in [0.1, 0.15) is 6.04 Å². The van der Waals surface area contributed by atoms with E-state index in [9.17, 15) is 0 Å². The molecule has 0 spiro atoms. The summed E-state index contributed by atoms with van der Waals surface area (Å²) in [5.74, 6) is 0. The second kappa shape index (κ2) is 23.3. The smallest absolute Gasteiger partial charge is 0.129 e.